The number of carbonyl (C=O) groups excluding carboxylic acids is 1. The maximum absolute atomic E-state index is 12.1. The lowest BCUT2D eigenvalue weighted by atomic mass is 10.1. The summed E-state index contributed by atoms with van der Waals surface area (Å²) in [5.41, 5.74) is 2.17. The van der Waals surface area contributed by atoms with Crippen LogP contribution in [0, 0.1) is 0 Å². The number of benzene rings is 1. The van der Waals surface area contributed by atoms with Gasteiger partial charge in [-0.25, -0.2) is 4.79 Å². The van der Waals surface area contributed by atoms with Crippen molar-refractivity contribution < 1.29 is 9.53 Å². The number of H-pyrrole nitrogens is 2. The van der Waals surface area contributed by atoms with Gasteiger partial charge in [-0.05, 0) is 24.6 Å². The maximum Gasteiger partial charge on any atom is 0.323 e. The van der Waals surface area contributed by atoms with Crippen LogP contribution in [-0.2, 0) is 9.53 Å². The van der Waals surface area contributed by atoms with Crippen LogP contribution in [0.4, 0.5) is 0 Å². The molecule has 1 aliphatic rings. The molecule has 3 rings (SSSR count). The number of nitrogens with one attached hydrogen (secondary N) is 4. The van der Waals surface area contributed by atoms with Gasteiger partial charge >= 0.3 is 5.69 Å². The van der Waals surface area contributed by atoms with E-state index in [9.17, 15) is 9.59 Å². The number of rotatable bonds is 3. The lowest BCUT2D eigenvalue weighted by Gasteiger charge is -2.24. The summed E-state index contributed by atoms with van der Waals surface area (Å²) in [5, 5.41) is 6.06. The van der Waals surface area contributed by atoms with E-state index in [2.05, 4.69) is 20.6 Å². The summed E-state index contributed by atoms with van der Waals surface area (Å²) in [6.07, 6.45) is -0.447. The highest BCUT2D eigenvalue weighted by atomic mass is 16.5. The van der Waals surface area contributed by atoms with Crippen LogP contribution in [-0.4, -0.2) is 41.7 Å². The van der Waals surface area contributed by atoms with Crippen molar-refractivity contribution in [1.82, 2.24) is 20.6 Å². The Morgan fingerprint density at radius 2 is 2.19 bits per heavy atom. The van der Waals surface area contributed by atoms with Crippen LogP contribution in [0.2, 0.25) is 0 Å². The number of ether oxygens (including phenoxy) is 1. The van der Waals surface area contributed by atoms with Gasteiger partial charge < -0.3 is 25.3 Å². The van der Waals surface area contributed by atoms with Crippen molar-refractivity contribution in [1.29, 1.82) is 0 Å². The zero-order chi connectivity index (χ0) is 14.8. The van der Waals surface area contributed by atoms with Crippen molar-refractivity contribution in [2.24, 2.45) is 0 Å². The van der Waals surface area contributed by atoms with Crippen LogP contribution in [0.1, 0.15) is 18.5 Å². The molecule has 7 heteroatoms. The molecule has 0 saturated carbocycles. The molecule has 1 aromatic heterocycles. The van der Waals surface area contributed by atoms with Crippen LogP contribution in [0.5, 0.6) is 0 Å². The summed E-state index contributed by atoms with van der Waals surface area (Å²) in [4.78, 5) is 28.8. The highest BCUT2D eigenvalue weighted by Gasteiger charge is 2.23. The Kier molecular flexibility index (Phi) is 3.76. The smallest absolute Gasteiger partial charge is 0.323 e. The number of fused-ring (bicyclic) bond motifs is 1. The first-order chi connectivity index (χ1) is 10.1. The van der Waals surface area contributed by atoms with E-state index in [1.54, 1.807) is 0 Å². The molecule has 21 heavy (non-hydrogen) atoms. The fourth-order valence-corrected chi connectivity index (χ4v) is 2.44. The molecule has 1 fully saturated rings. The Hall–Kier alpha value is -2.12. The van der Waals surface area contributed by atoms with E-state index in [-0.39, 0.29) is 17.6 Å². The molecule has 1 aromatic carbocycles. The van der Waals surface area contributed by atoms with Gasteiger partial charge in [-0.1, -0.05) is 6.07 Å². The number of hydrogen-bond acceptors (Lipinski definition) is 4. The fraction of sp³-hybridized carbons (Fsp3) is 0.429. The minimum atomic E-state index is -0.447. The Morgan fingerprint density at radius 3 is 2.95 bits per heavy atom. The number of aromatic amines is 2. The predicted molar refractivity (Wildman–Crippen MR) is 78.1 cm³/mol. The van der Waals surface area contributed by atoms with E-state index >= 15 is 0 Å². The number of aromatic nitrogens is 2. The van der Waals surface area contributed by atoms with E-state index < -0.39 is 6.10 Å². The van der Waals surface area contributed by atoms with Crippen LogP contribution < -0.4 is 16.3 Å². The molecule has 1 amide bonds. The topological polar surface area (TPSA) is 99.0 Å². The highest BCUT2D eigenvalue weighted by molar-refractivity contribution is 5.82. The second-order valence-electron chi connectivity index (χ2n) is 5.18. The molecule has 2 atom stereocenters. The van der Waals surface area contributed by atoms with E-state index in [1.165, 1.54) is 0 Å². The summed E-state index contributed by atoms with van der Waals surface area (Å²) in [6, 6.07) is 5.41. The third-order valence-electron chi connectivity index (χ3n) is 3.62. The van der Waals surface area contributed by atoms with Crippen molar-refractivity contribution in [3.05, 3.63) is 34.2 Å². The molecular weight excluding hydrogens is 272 g/mol. The lowest BCUT2D eigenvalue weighted by molar-refractivity contribution is -0.134. The Balaban J connectivity index is 1.72. The van der Waals surface area contributed by atoms with Crippen molar-refractivity contribution in [3.63, 3.8) is 0 Å². The summed E-state index contributed by atoms with van der Waals surface area (Å²) < 4.78 is 5.42. The highest BCUT2D eigenvalue weighted by Crippen LogP contribution is 2.17. The van der Waals surface area contributed by atoms with Crippen LogP contribution in [0.15, 0.2) is 23.0 Å². The van der Waals surface area contributed by atoms with Gasteiger partial charge in [0, 0.05) is 13.1 Å². The van der Waals surface area contributed by atoms with Gasteiger partial charge in [0.25, 0.3) is 5.91 Å². The normalized spacial score (nSPS) is 20.3. The Morgan fingerprint density at radius 1 is 1.38 bits per heavy atom. The molecule has 2 aromatic rings. The predicted octanol–water partition coefficient (Wildman–Crippen LogP) is 0.0218. The molecule has 0 radical (unpaired) electrons. The first-order valence-electron chi connectivity index (χ1n) is 6.98. The molecule has 0 aliphatic carbocycles. The average molecular weight is 290 g/mol. The molecule has 112 valence electrons. The number of morpholine rings is 1. The van der Waals surface area contributed by atoms with E-state index in [1.807, 2.05) is 25.1 Å². The van der Waals surface area contributed by atoms with Crippen molar-refractivity contribution in [3.8, 4) is 0 Å². The average Bonchev–Trinajstić information content (AvgIpc) is 2.87. The second kappa shape index (κ2) is 5.71. The molecule has 0 bridgehead atoms. The molecule has 7 nitrogen and oxygen atoms in total. The van der Waals surface area contributed by atoms with Crippen LogP contribution >= 0.6 is 0 Å². The first-order valence-corrected chi connectivity index (χ1v) is 6.98. The molecule has 1 saturated heterocycles. The monoisotopic (exact) mass is 290 g/mol. The fourth-order valence-electron chi connectivity index (χ4n) is 2.44. The second-order valence-corrected chi connectivity index (χ2v) is 5.18. The van der Waals surface area contributed by atoms with Gasteiger partial charge in [0.05, 0.1) is 23.7 Å². The van der Waals surface area contributed by atoms with Gasteiger partial charge in [0.1, 0.15) is 6.10 Å². The third kappa shape index (κ3) is 2.98. The zero-order valence-electron chi connectivity index (χ0n) is 11.7. The molecule has 2 heterocycles. The zero-order valence-corrected chi connectivity index (χ0v) is 11.7. The number of imidazole rings is 1. The lowest BCUT2D eigenvalue weighted by Crippen LogP contribution is -2.48. The minimum Gasteiger partial charge on any atom is -0.366 e. The largest absolute Gasteiger partial charge is 0.366 e. The molecule has 0 spiro atoms. The van der Waals surface area contributed by atoms with Gasteiger partial charge in [-0.3, -0.25) is 4.79 Å². The van der Waals surface area contributed by atoms with E-state index in [0.29, 0.717) is 13.2 Å². The quantitative estimate of drug-likeness (QED) is 0.640. The van der Waals surface area contributed by atoms with Crippen molar-refractivity contribution in [2.45, 2.75) is 19.1 Å². The summed E-state index contributed by atoms with van der Waals surface area (Å²) >= 11 is 0. The van der Waals surface area contributed by atoms with Crippen LogP contribution in [0.25, 0.3) is 11.0 Å². The third-order valence-corrected chi connectivity index (χ3v) is 3.62. The summed E-state index contributed by atoms with van der Waals surface area (Å²) in [7, 11) is 0. The molecule has 2 unspecified atom stereocenters. The Labute approximate surface area is 121 Å². The van der Waals surface area contributed by atoms with Gasteiger partial charge in [0.2, 0.25) is 0 Å². The van der Waals surface area contributed by atoms with Gasteiger partial charge in [0.15, 0.2) is 0 Å². The van der Waals surface area contributed by atoms with Crippen LogP contribution in [0.3, 0.4) is 0 Å². The Bertz CT molecular complexity index is 700. The number of carbonyl (C=O) groups is 1. The SMILES string of the molecule is CC(NC(=O)C1CNCCO1)c1ccc2[nH]c(=O)[nH]c2c1. The first kappa shape index (κ1) is 13.8. The maximum atomic E-state index is 12.1. The van der Waals surface area contributed by atoms with E-state index in [4.69, 9.17) is 4.74 Å². The molecule has 1 aliphatic heterocycles. The van der Waals surface area contributed by atoms with Crippen molar-refractivity contribution >= 4 is 16.9 Å². The number of hydrogen-bond donors (Lipinski definition) is 4. The van der Waals surface area contributed by atoms with E-state index in [0.717, 1.165) is 23.1 Å². The standard InChI is InChI=1S/C14H18N4O3/c1-8(16-13(19)12-7-15-4-5-21-12)9-2-3-10-11(6-9)18-14(20)17-10/h2-3,6,8,12,15H,4-5,7H2,1H3,(H,16,19)(H2,17,18,20). The summed E-state index contributed by atoms with van der Waals surface area (Å²) in [6.45, 7) is 3.75. The minimum absolute atomic E-state index is 0.127. The number of amides is 1. The van der Waals surface area contributed by atoms with Crippen molar-refractivity contribution in [2.75, 3.05) is 19.7 Å². The van der Waals surface area contributed by atoms with Gasteiger partial charge in [-0.15, -0.1) is 0 Å². The van der Waals surface area contributed by atoms with Gasteiger partial charge in [-0.2, -0.15) is 0 Å². The molecule has 4 N–H and O–H groups in total. The summed E-state index contributed by atoms with van der Waals surface area (Å²) in [5.74, 6) is -0.127. The molecular formula is C14H18N4O3.